The van der Waals surface area contributed by atoms with E-state index in [-0.39, 0.29) is 16.7 Å². The van der Waals surface area contributed by atoms with E-state index >= 15 is 0 Å². The van der Waals surface area contributed by atoms with Crippen molar-refractivity contribution in [2.24, 2.45) is 5.92 Å². The van der Waals surface area contributed by atoms with Crippen molar-refractivity contribution in [3.05, 3.63) is 0 Å². The van der Waals surface area contributed by atoms with E-state index in [0.29, 0.717) is 6.42 Å². The van der Waals surface area contributed by atoms with Crippen LogP contribution in [0.1, 0.15) is 66.2 Å². The van der Waals surface area contributed by atoms with Gasteiger partial charge in [-0.2, -0.15) is 0 Å². The van der Waals surface area contributed by atoms with Crippen LogP contribution in [0.3, 0.4) is 0 Å². The highest BCUT2D eigenvalue weighted by Crippen LogP contribution is 2.58. The first-order chi connectivity index (χ1) is 9.51. The standard InChI is InChI=1S/C17H32O3Si/c1-7-11-16(19)13-10-8-9-12-17(13,14(16)18)20-21(5,6)15(2,3)4/h13,19H,7-12H2,1-6H3/t13-,16-,17+/m0/s1. The molecule has 0 heterocycles. The molecule has 0 spiro atoms. The van der Waals surface area contributed by atoms with Crippen LogP contribution in [-0.2, 0) is 9.22 Å². The van der Waals surface area contributed by atoms with E-state index in [1.54, 1.807) is 0 Å². The molecule has 2 rings (SSSR count). The fourth-order valence-electron chi connectivity index (χ4n) is 3.93. The predicted molar refractivity (Wildman–Crippen MR) is 87.8 cm³/mol. The van der Waals surface area contributed by atoms with Crippen LogP contribution in [0.2, 0.25) is 18.1 Å². The number of fused-ring (bicyclic) bond motifs is 1. The average molecular weight is 313 g/mol. The third kappa shape index (κ3) is 2.43. The molecule has 1 N–H and O–H groups in total. The fraction of sp³-hybridized carbons (Fsp3) is 0.941. The predicted octanol–water partition coefficient (Wildman–Crippen LogP) is 4.05. The Morgan fingerprint density at radius 1 is 1.33 bits per heavy atom. The topological polar surface area (TPSA) is 46.5 Å². The summed E-state index contributed by atoms with van der Waals surface area (Å²) in [5, 5.41) is 10.9. The summed E-state index contributed by atoms with van der Waals surface area (Å²) in [6, 6.07) is 0. The summed E-state index contributed by atoms with van der Waals surface area (Å²) in [4.78, 5) is 12.9. The normalized spacial score (nSPS) is 37.1. The molecule has 2 aliphatic rings. The summed E-state index contributed by atoms with van der Waals surface area (Å²) in [6.07, 6.45) is 5.30. The maximum absolute atomic E-state index is 12.9. The van der Waals surface area contributed by atoms with Gasteiger partial charge in [-0.1, -0.05) is 47.0 Å². The molecule has 0 bridgehead atoms. The number of hydrogen-bond donors (Lipinski definition) is 1. The number of rotatable bonds is 4. The molecule has 0 aromatic heterocycles. The molecule has 0 radical (unpaired) electrons. The molecular formula is C17H32O3Si. The van der Waals surface area contributed by atoms with Gasteiger partial charge in [0.05, 0.1) is 0 Å². The third-order valence-electron chi connectivity index (χ3n) is 6.08. The number of carbonyl (C=O) groups is 1. The Bertz CT molecular complexity index is 426. The molecule has 0 unspecified atom stereocenters. The summed E-state index contributed by atoms with van der Waals surface area (Å²) in [5.41, 5.74) is -1.79. The second-order valence-corrected chi connectivity index (χ2v) is 13.3. The SMILES string of the molecule is CCC[C@@]1(O)C(=O)[C@@]2(O[Si](C)(C)C(C)(C)C)CCCC[C@@H]12. The summed E-state index contributed by atoms with van der Waals surface area (Å²) in [6.45, 7) is 13.1. The molecule has 2 fully saturated rings. The zero-order valence-electron chi connectivity index (χ0n) is 14.6. The van der Waals surface area contributed by atoms with Crippen LogP contribution >= 0.6 is 0 Å². The molecule has 0 aromatic rings. The van der Waals surface area contributed by atoms with E-state index in [0.717, 1.165) is 32.1 Å². The van der Waals surface area contributed by atoms with Gasteiger partial charge in [-0.15, -0.1) is 0 Å². The third-order valence-corrected chi connectivity index (χ3v) is 10.6. The second kappa shape index (κ2) is 5.17. The average Bonchev–Trinajstić information content (AvgIpc) is 2.36. The molecule has 0 aromatic carbocycles. The lowest BCUT2D eigenvalue weighted by atomic mass is 9.50. The minimum Gasteiger partial charge on any atom is -0.404 e. The molecule has 3 atom stereocenters. The Kier molecular flexibility index (Phi) is 4.23. The van der Waals surface area contributed by atoms with Crippen LogP contribution in [0.25, 0.3) is 0 Å². The van der Waals surface area contributed by atoms with E-state index in [1.807, 2.05) is 6.92 Å². The smallest absolute Gasteiger partial charge is 0.195 e. The van der Waals surface area contributed by atoms with E-state index in [9.17, 15) is 9.90 Å². The van der Waals surface area contributed by atoms with E-state index in [4.69, 9.17) is 4.43 Å². The van der Waals surface area contributed by atoms with Crippen molar-refractivity contribution in [3.8, 4) is 0 Å². The molecule has 2 saturated carbocycles. The van der Waals surface area contributed by atoms with Crippen molar-refractivity contribution < 1.29 is 14.3 Å². The van der Waals surface area contributed by atoms with Gasteiger partial charge in [0.2, 0.25) is 0 Å². The maximum Gasteiger partial charge on any atom is 0.195 e. The first kappa shape index (κ1) is 17.2. The van der Waals surface area contributed by atoms with Gasteiger partial charge in [0.15, 0.2) is 14.1 Å². The van der Waals surface area contributed by atoms with Crippen LogP contribution < -0.4 is 0 Å². The quantitative estimate of drug-likeness (QED) is 0.797. The number of Topliss-reactive ketones (excluding diaryl/α,β-unsaturated/α-hetero) is 1. The van der Waals surface area contributed by atoms with Crippen LogP contribution in [0.5, 0.6) is 0 Å². The first-order valence-electron chi connectivity index (χ1n) is 8.49. The Morgan fingerprint density at radius 3 is 2.48 bits per heavy atom. The molecular weight excluding hydrogens is 280 g/mol. The lowest BCUT2D eigenvalue weighted by molar-refractivity contribution is -0.225. The largest absolute Gasteiger partial charge is 0.404 e. The summed E-state index contributed by atoms with van der Waals surface area (Å²) >= 11 is 0. The monoisotopic (exact) mass is 312 g/mol. The minimum atomic E-state index is -2.01. The van der Waals surface area contributed by atoms with Crippen molar-refractivity contribution in [2.75, 3.05) is 0 Å². The lowest BCUT2D eigenvalue weighted by Gasteiger charge is -2.63. The van der Waals surface area contributed by atoms with Crippen LogP contribution in [-0.4, -0.2) is 30.4 Å². The van der Waals surface area contributed by atoms with Crippen LogP contribution in [0.15, 0.2) is 0 Å². The molecule has 0 saturated heterocycles. The van der Waals surface area contributed by atoms with Gasteiger partial charge in [-0.25, -0.2) is 0 Å². The van der Waals surface area contributed by atoms with Gasteiger partial charge in [0.25, 0.3) is 0 Å². The van der Waals surface area contributed by atoms with Gasteiger partial charge >= 0.3 is 0 Å². The Hall–Kier alpha value is -0.193. The molecule has 4 heteroatoms. The highest BCUT2D eigenvalue weighted by molar-refractivity contribution is 6.74. The highest BCUT2D eigenvalue weighted by atomic mass is 28.4. The molecule has 2 aliphatic carbocycles. The van der Waals surface area contributed by atoms with Crippen molar-refractivity contribution >= 4 is 14.1 Å². The summed E-state index contributed by atoms with van der Waals surface area (Å²) < 4.78 is 6.61. The van der Waals surface area contributed by atoms with Crippen LogP contribution in [0.4, 0.5) is 0 Å². The van der Waals surface area contributed by atoms with Crippen molar-refractivity contribution in [1.29, 1.82) is 0 Å². The maximum atomic E-state index is 12.9. The Balaban J connectivity index is 2.30. The van der Waals surface area contributed by atoms with Gasteiger partial charge < -0.3 is 9.53 Å². The lowest BCUT2D eigenvalue weighted by Crippen LogP contribution is -2.78. The van der Waals surface area contributed by atoms with E-state index < -0.39 is 19.5 Å². The molecule has 3 nitrogen and oxygen atoms in total. The minimum absolute atomic E-state index is 0.0142. The zero-order valence-corrected chi connectivity index (χ0v) is 15.6. The number of hydrogen-bond acceptors (Lipinski definition) is 3. The van der Waals surface area contributed by atoms with Crippen molar-refractivity contribution in [1.82, 2.24) is 0 Å². The van der Waals surface area contributed by atoms with Crippen LogP contribution in [0, 0.1) is 5.92 Å². The van der Waals surface area contributed by atoms with Gasteiger partial charge in [0, 0.05) is 5.92 Å². The zero-order chi connectivity index (χ0) is 16.1. The summed E-state index contributed by atoms with van der Waals surface area (Å²) in [7, 11) is -2.01. The van der Waals surface area contributed by atoms with E-state index in [1.165, 1.54) is 0 Å². The fourth-order valence-corrected chi connectivity index (χ4v) is 5.49. The summed E-state index contributed by atoms with van der Waals surface area (Å²) in [5.74, 6) is -0.00769. The molecule has 122 valence electrons. The first-order valence-corrected chi connectivity index (χ1v) is 11.4. The van der Waals surface area contributed by atoms with E-state index in [2.05, 4.69) is 33.9 Å². The Labute approximate surface area is 130 Å². The van der Waals surface area contributed by atoms with Crippen molar-refractivity contribution in [3.63, 3.8) is 0 Å². The van der Waals surface area contributed by atoms with Crippen molar-refractivity contribution in [2.45, 2.75) is 95.6 Å². The Morgan fingerprint density at radius 2 is 1.95 bits per heavy atom. The number of carbonyl (C=O) groups excluding carboxylic acids is 1. The van der Waals surface area contributed by atoms with Gasteiger partial charge in [0.1, 0.15) is 11.2 Å². The van der Waals surface area contributed by atoms with Gasteiger partial charge in [-0.05, 0) is 37.4 Å². The number of aliphatic hydroxyl groups is 1. The highest BCUT2D eigenvalue weighted by Gasteiger charge is 2.72. The molecule has 0 amide bonds. The van der Waals surface area contributed by atoms with Gasteiger partial charge in [-0.3, -0.25) is 4.79 Å². The second-order valence-electron chi connectivity index (χ2n) is 8.55. The molecule has 0 aliphatic heterocycles. The molecule has 21 heavy (non-hydrogen) atoms. The number of ketones is 1.